The number of halogens is 1. The summed E-state index contributed by atoms with van der Waals surface area (Å²) in [5, 5.41) is 4.78. The molecule has 1 aliphatic carbocycles. The molecular weight excluding hydrogens is 477 g/mol. The van der Waals surface area contributed by atoms with Gasteiger partial charge in [-0.2, -0.15) is 5.10 Å². The summed E-state index contributed by atoms with van der Waals surface area (Å²) in [5.74, 6) is 0.636. The van der Waals surface area contributed by atoms with Crippen LogP contribution in [0.1, 0.15) is 72.4 Å². The molecule has 3 aliphatic rings. The molecular formula is C31H32FN5O. The predicted octanol–water partition coefficient (Wildman–Crippen LogP) is 6.02. The van der Waals surface area contributed by atoms with E-state index in [2.05, 4.69) is 36.9 Å². The number of hydrogen-bond acceptors (Lipinski definition) is 4. The second-order valence-corrected chi connectivity index (χ2v) is 11.3. The third kappa shape index (κ3) is 3.96. The van der Waals surface area contributed by atoms with Gasteiger partial charge in [0.05, 0.1) is 11.7 Å². The smallest absolute Gasteiger partial charge is 0.273 e. The summed E-state index contributed by atoms with van der Waals surface area (Å²) in [6.07, 6.45) is 4.10. The van der Waals surface area contributed by atoms with Crippen molar-refractivity contribution in [2.45, 2.75) is 51.5 Å². The van der Waals surface area contributed by atoms with Crippen molar-refractivity contribution < 1.29 is 9.18 Å². The Morgan fingerprint density at radius 2 is 1.84 bits per heavy atom. The Labute approximate surface area is 222 Å². The van der Waals surface area contributed by atoms with Crippen LogP contribution in [0.2, 0.25) is 0 Å². The van der Waals surface area contributed by atoms with Crippen molar-refractivity contribution in [3.63, 3.8) is 0 Å². The number of amides is 1. The van der Waals surface area contributed by atoms with E-state index in [-0.39, 0.29) is 17.8 Å². The molecule has 2 aliphatic heterocycles. The summed E-state index contributed by atoms with van der Waals surface area (Å²) < 4.78 is 17.2. The standard InChI is InChI=1S/C31H32FN5O/c1-19-11-13-35(18-19)23-9-10-25(26(32)15-23)27-17-30-33-28(16-29(22-7-8-22)37(30)34-27)31(38)36-14-12-21-5-3-4-6-24(21)20(36)2/h3-6,9-10,15-17,19-20,22H,7-8,11-14,18H2,1-2H3/t19-,20+/m0/s1. The summed E-state index contributed by atoms with van der Waals surface area (Å²) in [6.45, 7) is 6.90. The fourth-order valence-electron chi connectivity index (χ4n) is 6.18. The predicted molar refractivity (Wildman–Crippen MR) is 146 cm³/mol. The molecule has 0 bridgehead atoms. The van der Waals surface area contributed by atoms with Crippen molar-refractivity contribution in [3.8, 4) is 11.3 Å². The van der Waals surface area contributed by atoms with E-state index in [1.165, 1.54) is 11.1 Å². The molecule has 2 aromatic carbocycles. The van der Waals surface area contributed by atoms with Gasteiger partial charge in [0.15, 0.2) is 5.65 Å². The maximum absolute atomic E-state index is 15.3. The molecule has 2 atom stereocenters. The lowest BCUT2D eigenvalue weighted by Gasteiger charge is -2.35. The minimum atomic E-state index is -0.282. The second-order valence-electron chi connectivity index (χ2n) is 11.3. The molecule has 0 N–H and O–H groups in total. The van der Waals surface area contributed by atoms with E-state index >= 15 is 4.39 Å². The zero-order valence-electron chi connectivity index (χ0n) is 21.9. The van der Waals surface area contributed by atoms with Crippen LogP contribution in [0.25, 0.3) is 16.9 Å². The highest BCUT2D eigenvalue weighted by Gasteiger charge is 2.32. The van der Waals surface area contributed by atoms with Crippen molar-refractivity contribution in [2.75, 3.05) is 24.5 Å². The van der Waals surface area contributed by atoms with Crippen LogP contribution in [0, 0.1) is 11.7 Å². The number of anilines is 1. The van der Waals surface area contributed by atoms with Gasteiger partial charge in [-0.1, -0.05) is 31.2 Å². The molecule has 1 saturated heterocycles. The first-order chi connectivity index (χ1) is 18.5. The van der Waals surface area contributed by atoms with Gasteiger partial charge in [0.2, 0.25) is 0 Å². The Balaban J connectivity index is 1.23. The Hall–Kier alpha value is -3.74. The maximum Gasteiger partial charge on any atom is 0.273 e. The number of benzene rings is 2. The molecule has 4 aromatic rings. The largest absolute Gasteiger partial charge is 0.371 e. The van der Waals surface area contributed by atoms with Crippen molar-refractivity contribution in [1.29, 1.82) is 0 Å². The first-order valence-corrected chi connectivity index (χ1v) is 13.8. The van der Waals surface area contributed by atoms with Crippen LogP contribution >= 0.6 is 0 Å². The summed E-state index contributed by atoms with van der Waals surface area (Å²) in [5.41, 5.74) is 6.44. The SMILES string of the molecule is C[C@H]1CCN(c2ccc(-c3cc4nc(C(=O)N5CCc6ccccc6[C@H]5C)cc(C5CC5)n4n3)c(F)c2)C1. The Bertz CT molecular complexity index is 1560. The summed E-state index contributed by atoms with van der Waals surface area (Å²) in [6, 6.07) is 17.5. The van der Waals surface area contributed by atoms with Gasteiger partial charge in [0.1, 0.15) is 11.5 Å². The van der Waals surface area contributed by atoms with Gasteiger partial charge in [-0.05, 0) is 73.9 Å². The maximum atomic E-state index is 15.3. The normalized spacial score (nSPS) is 21.2. The van der Waals surface area contributed by atoms with Gasteiger partial charge < -0.3 is 9.80 Å². The minimum absolute atomic E-state index is 0.0125. The molecule has 38 heavy (non-hydrogen) atoms. The molecule has 0 unspecified atom stereocenters. The first kappa shape index (κ1) is 23.4. The molecule has 194 valence electrons. The van der Waals surface area contributed by atoms with Gasteiger partial charge in [0.25, 0.3) is 5.91 Å². The average Bonchev–Trinajstić information content (AvgIpc) is 3.53. The van der Waals surface area contributed by atoms with Gasteiger partial charge >= 0.3 is 0 Å². The van der Waals surface area contributed by atoms with Crippen LogP contribution in [0.4, 0.5) is 10.1 Å². The Morgan fingerprint density at radius 1 is 1.00 bits per heavy atom. The second kappa shape index (κ2) is 8.93. The Kier molecular flexibility index (Phi) is 5.49. The van der Waals surface area contributed by atoms with Crippen molar-refractivity contribution in [2.24, 2.45) is 5.92 Å². The summed E-state index contributed by atoms with van der Waals surface area (Å²) in [4.78, 5) is 22.7. The van der Waals surface area contributed by atoms with E-state index in [4.69, 9.17) is 10.1 Å². The monoisotopic (exact) mass is 509 g/mol. The number of carbonyl (C=O) groups excluding carboxylic acids is 1. The Morgan fingerprint density at radius 3 is 2.61 bits per heavy atom. The highest BCUT2D eigenvalue weighted by molar-refractivity contribution is 5.93. The summed E-state index contributed by atoms with van der Waals surface area (Å²) >= 11 is 0. The number of fused-ring (bicyclic) bond motifs is 2. The van der Waals surface area contributed by atoms with Gasteiger partial charge in [0, 0.05) is 48.6 Å². The molecule has 4 heterocycles. The molecule has 2 aromatic heterocycles. The highest BCUT2D eigenvalue weighted by atomic mass is 19.1. The third-order valence-electron chi connectivity index (χ3n) is 8.54. The van der Waals surface area contributed by atoms with Crippen LogP contribution in [0.3, 0.4) is 0 Å². The van der Waals surface area contributed by atoms with E-state index in [0.29, 0.717) is 41.0 Å². The molecule has 7 heteroatoms. The zero-order valence-corrected chi connectivity index (χ0v) is 21.9. The molecule has 7 rings (SSSR count). The van der Waals surface area contributed by atoms with Gasteiger partial charge in [-0.25, -0.2) is 13.9 Å². The number of hydrogen-bond donors (Lipinski definition) is 0. The lowest BCUT2D eigenvalue weighted by Crippen LogP contribution is -2.39. The van der Waals surface area contributed by atoms with E-state index < -0.39 is 0 Å². The number of nitrogens with zero attached hydrogens (tertiary/aromatic N) is 5. The van der Waals surface area contributed by atoms with Gasteiger partial charge in [-0.3, -0.25) is 4.79 Å². The lowest BCUT2D eigenvalue weighted by atomic mass is 9.93. The minimum Gasteiger partial charge on any atom is -0.371 e. The van der Waals surface area contributed by atoms with Crippen LogP contribution in [-0.2, 0) is 6.42 Å². The van der Waals surface area contributed by atoms with E-state index in [0.717, 1.165) is 50.2 Å². The quantitative estimate of drug-likeness (QED) is 0.338. The fraction of sp³-hybridized carbons (Fsp3) is 0.387. The number of rotatable bonds is 4. The molecule has 2 fully saturated rings. The average molecular weight is 510 g/mol. The fourth-order valence-corrected chi connectivity index (χ4v) is 6.18. The lowest BCUT2D eigenvalue weighted by molar-refractivity contribution is 0.0671. The van der Waals surface area contributed by atoms with E-state index in [1.807, 2.05) is 39.7 Å². The highest BCUT2D eigenvalue weighted by Crippen LogP contribution is 2.41. The van der Waals surface area contributed by atoms with Crippen LogP contribution in [0.15, 0.2) is 54.6 Å². The number of carbonyl (C=O) groups is 1. The van der Waals surface area contributed by atoms with Crippen LogP contribution in [-0.4, -0.2) is 45.0 Å². The molecule has 1 amide bonds. The van der Waals surface area contributed by atoms with Gasteiger partial charge in [-0.15, -0.1) is 0 Å². The first-order valence-electron chi connectivity index (χ1n) is 13.8. The van der Waals surface area contributed by atoms with E-state index in [9.17, 15) is 4.79 Å². The van der Waals surface area contributed by atoms with Crippen LogP contribution < -0.4 is 4.90 Å². The number of aromatic nitrogens is 3. The zero-order chi connectivity index (χ0) is 26.0. The molecule has 6 nitrogen and oxygen atoms in total. The molecule has 0 radical (unpaired) electrons. The van der Waals surface area contributed by atoms with Crippen molar-refractivity contribution in [1.82, 2.24) is 19.5 Å². The summed E-state index contributed by atoms with van der Waals surface area (Å²) in [7, 11) is 0. The van der Waals surface area contributed by atoms with Crippen molar-refractivity contribution >= 4 is 17.2 Å². The molecule has 0 spiro atoms. The topological polar surface area (TPSA) is 53.7 Å². The van der Waals surface area contributed by atoms with Crippen molar-refractivity contribution in [3.05, 3.63) is 82.9 Å². The van der Waals surface area contributed by atoms with E-state index in [1.54, 1.807) is 6.07 Å². The van der Waals surface area contributed by atoms with Crippen LogP contribution in [0.5, 0.6) is 0 Å². The third-order valence-corrected chi connectivity index (χ3v) is 8.54. The molecule has 1 saturated carbocycles.